The second kappa shape index (κ2) is 10.3. The van der Waals surface area contributed by atoms with Crippen LogP contribution in [0.5, 0.6) is 0 Å². The molecule has 0 saturated carbocycles. The lowest BCUT2D eigenvalue weighted by Gasteiger charge is -2.12. The fourth-order valence-electron chi connectivity index (χ4n) is 4.56. The number of ether oxygens (including phenoxy) is 1. The SMILES string of the molecule is CCCc1nc2c(c(=O)n(C)c(=O)n2CCOC)n1Cc1ccc(-c2ccccc2-c2nnn[nH]2)cc1. The molecule has 0 amide bonds. The number of hydrogen-bond acceptors (Lipinski definition) is 7. The van der Waals surface area contributed by atoms with Crippen molar-refractivity contribution >= 4 is 11.2 Å². The van der Waals surface area contributed by atoms with Crippen molar-refractivity contribution < 1.29 is 4.74 Å². The standard InChI is InChI=1S/C26H28N8O3/c1-4-7-21-27-24-22(25(35)32(2)26(36)33(24)14-15-37-3)34(21)16-17-10-12-18(13-11-17)19-8-5-6-9-20(19)23-28-30-31-29-23/h5-6,8-13H,4,7,14-16H2,1-3H3,(H,28,29,30,31). The average Bonchev–Trinajstić information content (AvgIpc) is 3.57. The normalized spacial score (nSPS) is 11.4. The van der Waals surface area contributed by atoms with Crippen molar-refractivity contribution in [2.75, 3.05) is 13.7 Å². The number of aromatic nitrogens is 8. The van der Waals surface area contributed by atoms with Gasteiger partial charge in [-0.25, -0.2) is 14.9 Å². The van der Waals surface area contributed by atoms with E-state index in [0.29, 0.717) is 43.1 Å². The van der Waals surface area contributed by atoms with Gasteiger partial charge in [-0.15, -0.1) is 5.10 Å². The van der Waals surface area contributed by atoms with Gasteiger partial charge in [0.05, 0.1) is 13.2 Å². The zero-order valence-corrected chi connectivity index (χ0v) is 21.0. The summed E-state index contributed by atoms with van der Waals surface area (Å²) >= 11 is 0. The van der Waals surface area contributed by atoms with Gasteiger partial charge in [-0.3, -0.25) is 13.9 Å². The zero-order chi connectivity index (χ0) is 25.9. The van der Waals surface area contributed by atoms with Gasteiger partial charge in [0.2, 0.25) is 0 Å². The van der Waals surface area contributed by atoms with Crippen LogP contribution in [-0.2, 0) is 31.3 Å². The Morgan fingerprint density at radius 1 is 1.00 bits per heavy atom. The Morgan fingerprint density at radius 2 is 1.76 bits per heavy atom. The van der Waals surface area contributed by atoms with Crippen molar-refractivity contribution in [1.29, 1.82) is 0 Å². The number of rotatable bonds is 9. The van der Waals surface area contributed by atoms with Crippen LogP contribution in [0.1, 0.15) is 24.7 Å². The van der Waals surface area contributed by atoms with Crippen LogP contribution in [0.2, 0.25) is 0 Å². The topological polar surface area (TPSA) is 126 Å². The van der Waals surface area contributed by atoms with Crippen molar-refractivity contribution in [3.05, 3.63) is 80.8 Å². The summed E-state index contributed by atoms with van der Waals surface area (Å²) in [5.41, 5.74) is 4.02. The van der Waals surface area contributed by atoms with Crippen LogP contribution in [0, 0.1) is 0 Å². The molecular weight excluding hydrogens is 472 g/mol. The van der Waals surface area contributed by atoms with E-state index >= 15 is 0 Å². The average molecular weight is 501 g/mol. The Labute approximate surface area is 212 Å². The van der Waals surface area contributed by atoms with Crippen LogP contribution in [-0.4, -0.2) is 53.0 Å². The first-order chi connectivity index (χ1) is 18.0. The smallest absolute Gasteiger partial charge is 0.332 e. The fourth-order valence-corrected chi connectivity index (χ4v) is 4.56. The number of hydrogen-bond donors (Lipinski definition) is 1. The molecule has 0 atom stereocenters. The number of nitrogens with zero attached hydrogens (tertiary/aromatic N) is 7. The number of methoxy groups -OCH3 is 1. The van der Waals surface area contributed by atoms with Gasteiger partial charge < -0.3 is 9.30 Å². The lowest BCUT2D eigenvalue weighted by molar-refractivity contribution is 0.186. The van der Waals surface area contributed by atoms with Gasteiger partial charge in [0, 0.05) is 32.7 Å². The first-order valence-corrected chi connectivity index (χ1v) is 12.1. The number of aryl methyl sites for hydroxylation is 1. The second-order valence-electron chi connectivity index (χ2n) is 8.82. The molecule has 3 heterocycles. The maximum Gasteiger partial charge on any atom is 0.332 e. The van der Waals surface area contributed by atoms with Crippen LogP contribution >= 0.6 is 0 Å². The first-order valence-electron chi connectivity index (χ1n) is 12.1. The monoisotopic (exact) mass is 500 g/mol. The molecule has 37 heavy (non-hydrogen) atoms. The minimum Gasteiger partial charge on any atom is -0.383 e. The third-order valence-electron chi connectivity index (χ3n) is 6.43. The minimum atomic E-state index is -0.396. The molecule has 0 aliphatic rings. The first kappa shape index (κ1) is 24.3. The van der Waals surface area contributed by atoms with Crippen LogP contribution in [0.15, 0.2) is 58.1 Å². The summed E-state index contributed by atoms with van der Waals surface area (Å²) in [6.07, 6.45) is 1.55. The Hall–Kier alpha value is -4.38. The molecule has 0 radical (unpaired) electrons. The van der Waals surface area contributed by atoms with Crippen molar-refractivity contribution in [2.45, 2.75) is 32.9 Å². The van der Waals surface area contributed by atoms with Gasteiger partial charge >= 0.3 is 5.69 Å². The predicted molar refractivity (Wildman–Crippen MR) is 139 cm³/mol. The molecule has 0 bridgehead atoms. The lowest BCUT2D eigenvalue weighted by atomic mass is 9.98. The third kappa shape index (κ3) is 4.49. The Bertz CT molecular complexity index is 1650. The molecule has 5 rings (SSSR count). The summed E-state index contributed by atoms with van der Waals surface area (Å²) in [6, 6.07) is 16.1. The van der Waals surface area contributed by atoms with E-state index in [9.17, 15) is 9.59 Å². The number of nitrogens with one attached hydrogen (secondary N) is 1. The van der Waals surface area contributed by atoms with Crippen LogP contribution in [0.4, 0.5) is 0 Å². The zero-order valence-electron chi connectivity index (χ0n) is 21.0. The molecule has 1 N–H and O–H groups in total. The minimum absolute atomic E-state index is 0.317. The van der Waals surface area contributed by atoms with E-state index in [0.717, 1.165) is 39.1 Å². The molecule has 11 nitrogen and oxygen atoms in total. The van der Waals surface area contributed by atoms with E-state index in [2.05, 4.69) is 27.5 Å². The van der Waals surface area contributed by atoms with E-state index in [-0.39, 0.29) is 5.56 Å². The highest BCUT2D eigenvalue weighted by atomic mass is 16.5. The molecule has 0 aliphatic heterocycles. The Morgan fingerprint density at radius 3 is 2.43 bits per heavy atom. The van der Waals surface area contributed by atoms with Gasteiger partial charge in [0.15, 0.2) is 17.0 Å². The quantitative estimate of drug-likeness (QED) is 0.329. The maximum absolute atomic E-state index is 13.2. The fraction of sp³-hybridized carbons (Fsp3) is 0.308. The number of H-pyrrole nitrogens is 1. The molecule has 3 aromatic heterocycles. The second-order valence-corrected chi connectivity index (χ2v) is 8.82. The Kier molecular flexibility index (Phi) is 6.78. The number of benzene rings is 2. The molecule has 0 saturated heterocycles. The highest BCUT2D eigenvalue weighted by Crippen LogP contribution is 2.30. The Balaban J connectivity index is 1.56. The number of aromatic amines is 1. The van der Waals surface area contributed by atoms with Gasteiger partial charge in [-0.1, -0.05) is 55.5 Å². The summed E-state index contributed by atoms with van der Waals surface area (Å²) in [5, 5.41) is 14.3. The predicted octanol–water partition coefficient (Wildman–Crippen LogP) is 2.39. The van der Waals surface area contributed by atoms with E-state index in [1.54, 1.807) is 7.11 Å². The molecule has 190 valence electrons. The van der Waals surface area contributed by atoms with Gasteiger partial charge in [0.25, 0.3) is 5.56 Å². The molecule has 5 aromatic rings. The molecule has 0 unspecified atom stereocenters. The molecule has 0 spiro atoms. The van der Waals surface area contributed by atoms with E-state index in [1.807, 2.05) is 53.1 Å². The van der Waals surface area contributed by atoms with Crippen molar-refractivity contribution in [3.8, 4) is 22.5 Å². The summed E-state index contributed by atoms with van der Waals surface area (Å²) in [4.78, 5) is 30.8. The van der Waals surface area contributed by atoms with Crippen molar-refractivity contribution in [2.24, 2.45) is 7.05 Å². The van der Waals surface area contributed by atoms with Crippen LogP contribution < -0.4 is 11.2 Å². The van der Waals surface area contributed by atoms with E-state index in [1.165, 1.54) is 11.6 Å². The molecule has 2 aromatic carbocycles. The third-order valence-corrected chi connectivity index (χ3v) is 6.43. The molecule has 11 heteroatoms. The summed E-state index contributed by atoms with van der Waals surface area (Å²) in [6.45, 7) is 3.18. The van der Waals surface area contributed by atoms with Crippen LogP contribution in [0.3, 0.4) is 0 Å². The highest BCUT2D eigenvalue weighted by molar-refractivity contribution is 5.80. The van der Waals surface area contributed by atoms with Crippen LogP contribution in [0.25, 0.3) is 33.7 Å². The van der Waals surface area contributed by atoms with E-state index in [4.69, 9.17) is 9.72 Å². The van der Waals surface area contributed by atoms with Gasteiger partial charge in [0.1, 0.15) is 5.82 Å². The number of tetrazole rings is 1. The van der Waals surface area contributed by atoms with E-state index < -0.39 is 5.69 Å². The van der Waals surface area contributed by atoms with Gasteiger partial charge in [-0.2, -0.15) is 0 Å². The lowest BCUT2D eigenvalue weighted by Crippen LogP contribution is -2.39. The largest absolute Gasteiger partial charge is 0.383 e. The van der Waals surface area contributed by atoms with Gasteiger partial charge in [-0.05, 0) is 33.5 Å². The summed E-state index contributed by atoms with van der Waals surface area (Å²) < 4.78 is 9.79. The maximum atomic E-state index is 13.2. The molecular formula is C26H28N8O3. The summed E-state index contributed by atoms with van der Waals surface area (Å²) in [5.74, 6) is 1.38. The number of imidazole rings is 1. The summed E-state index contributed by atoms with van der Waals surface area (Å²) in [7, 11) is 3.08. The molecule has 0 aliphatic carbocycles. The number of fused-ring (bicyclic) bond motifs is 1. The van der Waals surface area contributed by atoms with Crippen molar-refractivity contribution in [1.82, 2.24) is 39.3 Å². The van der Waals surface area contributed by atoms with Crippen molar-refractivity contribution in [3.63, 3.8) is 0 Å². The molecule has 0 fully saturated rings. The highest BCUT2D eigenvalue weighted by Gasteiger charge is 2.20.